The van der Waals surface area contributed by atoms with Gasteiger partial charge in [-0.15, -0.1) is 0 Å². The molecule has 0 aliphatic rings. The van der Waals surface area contributed by atoms with Gasteiger partial charge in [0.05, 0.1) is 0 Å². The van der Waals surface area contributed by atoms with Crippen molar-refractivity contribution < 1.29 is 108 Å². The van der Waals surface area contributed by atoms with Crippen molar-refractivity contribution >= 4 is 15.2 Å². The maximum atomic E-state index is 13.5. The lowest BCUT2D eigenvalue weighted by Crippen LogP contribution is -2.53. The predicted octanol–water partition coefficient (Wildman–Crippen LogP) is 6.54. The van der Waals surface area contributed by atoms with Gasteiger partial charge >= 0.3 is 62.8 Å². The van der Waals surface area contributed by atoms with Crippen molar-refractivity contribution in [2.75, 3.05) is 0 Å². The van der Waals surface area contributed by atoms with Gasteiger partial charge in [0.15, 0.2) is 0 Å². The lowest BCUT2D eigenvalue weighted by molar-refractivity contribution is -0.458. The van der Waals surface area contributed by atoms with E-state index < -0.39 is 101 Å². The van der Waals surface area contributed by atoms with Crippen molar-refractivity contribution in [3.05, 3.63) is 0 Å². The number of unbranched alkanes of at least 4 members (excludes halogenated alkanes) is 3. The first-order valence-corrected chi connectivity index (χ1v) is 12.9. The molecular formula is C14H16F16O8P2. The Balaban J connectivity index is 5.12. The van der Waals surface area contributed by atoms with E-state index in [1.165, 1.54) is 0 Å². The number of hydrogen-bond acceptors (Lipinski definition) is 4. The third-order valence-electron chi connectivity index (χ3n) is 4.53. The second-order valence-electron chi connectivity index (χ2n) is 7.76. The van der Waals surface area contributed by atoms with E-state index in [2.05, 4.69) is 0 Å². The monoisotopic (exact) mass is 678 g/mol. The molecule has 0 spiro atoms. The first kappa shape index (κ1) is 39.1. The fraction of sp³-hybridized carbons (Fsp3) is 1.00. The molecule has 0 amide bonds. The Kier molecular flexibility index (Phi) is 11.4. The van der Waals surface area contributed by atoms with Crippen LogP contribution >= 0.6 is 15.2 Å². The van der Waals surface area contributed by atoms with Gasteiger partial charge in [0.2, 0.25) is 0 Å². The van der Waals surface area contributed by atoms with Crippen LogP contribution in [0, 0.1) is 0 Å². The molecule has 40 heavy (non-hydrogen) atoms. The molecule has 0 heterocycles. The van der Waals surface area contributed by atoms with Crippen molar-refractivity contribution in [3.63, 3.8) is 0 Å². The van der Waals surface area contributed by atoms with Crippen LogP contribution in [0.4, 0.5) is 70.2 Å². The van der Waals surface area contributed by atoms with E-state index in [1.54, 1.807) is 0 Å². The minimum Gasteiger partial charge on any atom is -0.320 e. The van der Waals surface area contributed by atoms with Gasteiger partial charge in [-0.1, -0.05) is 12.8 Å². The average molecular weight is 678 g/mol. The van der Waals surface area contributed by atoms with E-state index in [1.807, 2.05) is 9.47 Å². The summed E-state index contributed by atoms with van der Waals surface area (Å²) in [7, 11) is -14.5. The van der Waals surface area contributed by atoms with E-state index in [-0.39, 0.29) is 0 Å². The van der Waals surface area contributed by atoms with Crippen LogP contribution in [-0.2, 0) is 18.6 Å². The van der Waals surface area contributed by atoms with Crippen LogP contribution in [0.3, 0.4) is 0 Å². The van der Waals surface area contributed by atoms with Crippen LogP contribution in [0.15, 0.2) is 0 Å². The lowest BCUT2D eigenvalue weighted by atomic mass is 10.0. The predicted molar refractivity (Wildman–Crippen MR) is 93.5 cm³/mol. The molecule has 0 atom stereocenters. The van der Waals surface area contributed by atoms with Crippen LogP contribution in [0.1, 0.15) is 38.5 Å². The molecule has 0 bridgehead atoms. The molecule has 0 aromatic carbocycles. The summed E-state index contributed by atoms with van der Waals surface area (Å²) in [5.74, 6) is -11.6. The second-order valence-corrected chi connectivity index (χ2v) is 11.1. The number of ether oxygens (including phenoxy) is 2. The molecule has 0 radical (unpaired) electrons. The van der Waals surface area contributed by atoms with Gasteiger partial charge in [-0.3, -0.25) is 9.13 Å². The molecule has 0 aromatic heterocycles. The lowest BCUT2D eigenvalue weighted by Gasteiger charge is -2.33. The number of halogens is 16. The topological polar surface area (TPSA) is 134 Å². The highest BCUT2D eigenvalue weighted by molar-refractivity contribution is 7.53. The van der Waals surface area contributed by atoms with Crippen LogP contribution in [0.2, 0.25) is 0 Å². The fourth-order valence-electron chi connectivity index (χ4n) is 2.27. The van der Waals surface area contributed by atoms with E-state index in [0.717, 1.165) is 0 Å². The first-order valence-electron chi connectivity index (χ1n) is 9.66. The van der Waals surface area contributed by atoms with Gasteiger partial charge in [0.25, 0.3) is 0 Å². The van der Waals surface area contributed by atoms with E-state index in [0.29, 0.717) is 0 Å². The van der Waals surface area contributed by atoms with Crippen molar-refractivity contribution in [2.24, 2.45) is 0 Å². The third kappa shape index (κ3) is 8.35. The zero-order valence-corrected chi connectivity index (χ0v) is 20.4. The standard InChI is InChI=1S/C14H16F16O8P2/c15-7(16,9(19,20)37-11(23,24)13(27,28)39(31,32)33)5-3-1-2-4-6-8(17,18)10(21,22)38-12(25,26)14(29,30)40(34,35)36/h1-6H2,(H2,31,32,33)(H2,34,35,36). The summed E-state index contributed by atoms with van der Waals surface area (Å²) in [5.41, 5.74) is -13.4. The molecule has 0 saturated heterocycles. The Hall–Kier alpha value is -0.900. The molecule has 242 valence electrons. The minimum atomic E-state index is -7.24. The summed E-state index contributed by atoms with van der Waals surface area (Å²) < 4.78 is 237. The summed E-state index contributed by atoms with van der Waals surface area (Å²) >= 11 is 0. The zero-order valence-electron chi connectivity index (χ0n) is 18.6. The van der Waals surface area contributed by atoms with Gasteiger partial charge < -0.3 is 19.6 Å². The number of alkyl halides is 16. The largest absolute Gasteiger partial charge is 0.436 e. The van der Waals surface area contributed by atoms with Crippen molar-refractivity contribution in [1.29, 1.82) is 0 Å². The Morgan fingerprint density at radius 2 is 0.650 bits per heavy atom. The van der Waals surface area contributed by atoms with Crippen LogP contribution in [0.25, 0.3) is 0 Å². The van der Waals surface area contributed by atoms with Crippen LogP contribution in [0.5, 0.6) is 0 Å². The molecular weight excluding hydrogens is 662 g/mol. The second kappa shape index (κ2) is 11.6. The van der Waals surface area contributed by atoms with Gasteiger partial charge in [-0.25, -0.2) is 9.47 Å². The highest BCUT2D eigenvalue weighted by atomic mass is 31.2. The quantitative estimate of drug-likeness (QED) is 0.0775. The summed E-state index contributed by atoms with van der Waals surface area (Å²) in [6.45, 7) is 0. The molecule has 0 aliphatic heterocycles. The van der Waals surface area contributed by atoms with E-state index >= 15 is 0 Å². The smallest absolute Gasteiger partial charge is 0.320 e. The van der Waals surface area contributed by atoms with Crippen molar-refractivity contribution in [2.45, 2.75) is 86.1 Å². The van der Waals surface area contributed by atoms with Crippen molar-refractivity contribution in [3.8, 4) is 0 Å². The Morgan fingerprint density at radius 1 is 0.425 bits per heavy atom. The molecule has 0 saturated carbocycles. The molecule has 4 N–H and O–H groups in total. The average Bonchev–Trinajstić information content (AvgIpc) is 2.66. The molecule has 0 fully saturated rings. The number of hydrogen-bond donors (Lipinski definition) is 4. The molecule has 26 heteroatoms. The molecule has 8 nitrogen and oxygen atoms in total. The first-order chi connectivity index (χ1) is 17.1. The van der Waals surface area contributed by atoms with Crippen LogP contribution < -0.4 is 0 Å². The molecule has 0 aliphatic carbocycles. The van der Waals surface area contributed by atoms with Crippen molar-refractivity contribution in [1.82, 2.24) is 0 Å². The maximum absolute atomic E-state index is 13.5. The molecule has 0 rings (SSSR count). The Labute approximate surface area is 210 Å². The Bertz CT molecular complexity index is 887. The SMILES string of the molecule is O=P(O)(O)C(F)(F)C(F)(F)OC(F)(F)C(F)(F)CCCCCCC(F)(F)C(F)(F)OC(F)(F)C(F)(F)P(=O)(O)O. The number of rotatable bonds is 17. The minimum absolute atomic E-state index is 0.949. The van der Waals surface area contributed by atoms with Gasteiger partial charge in [0, 0.05) is 12.8 Å². The third-order valence-corrected chi connectivity index (χ3v) is 6.51. The zero-order chi connectivity index (χ0) is 32.7. The summed E-state index contributed by atoms with van der Waals surface area (Å²) in [5, 5.41) is 0. The molecule has 0 aromatic rings. The summed E-state index contributed by atoms with van der Waals surface area (Å²) in [6, 6.07) is 0. The fourth-order valence-corrected chi connectivity index (χ4v) is 3.04. The summed E-state index contributed by atoms with van der Waals surface area (Å²) in [6.07, 6.45) is -35.8. The van der Waals surface area contributed by atoms with Gasteiger partial charge in [0.1, 0.15) is 0 Å². The molecule has 0 unspecified atom stereocenters. The van der Waals surface area contributed by atoms with Gasteiger partial charge in [-0.05, 0) is 12.8 Å². The highest BCUT2D eigenvalue weighted by Crippen LogP contribution is 2.63. The highest BCUT2D eigenvalue weighted by Gasteiger charge is 2.76. The van der Waals surface area contributed by atoms with Crippen LogP contribution in [-0.4, -0.2) is 67.2 Å². The van der Waals surface area contributed by atoms with E-state index in [9.17, 15) is 79.4 Å². The van der Waals surface area contributed by atoms with Gasteiger partial charge in [-0.2, -0.15) is 70.2 Å². The Morgan fingerprint density at radius 3 is 0.850 bits per heavy atom. The summed E-state index contributed by atoms with van der Waals surface area (Å²) in [4.78, 5) is 32.4. The van der Waals surface area contributed by atoms with E-state index in [4.69, 9.17) is 19.6 Å². The maximum Gasteiger partial charge on any atom is 0.436 e. The normalized spacial score (nSPS) is 16.0.